The van der Waals surface area contributed by atoms with Crippen molar-refractivity contribution >= 4 is 60.7 Å². The summed E-state index contributed by atoms with van der Waals surface area (Å²) in [5, 5.41) is 0.508. The van der Waals surface area contributed by atoms with E-state index in [9.17, 15) is 40.3 Å². The van der Waals surface area contributed by atoms with Crippen LogP contribution in [0.25, 0.3) is 5.57 Å². The van der Waals surface area contributed by atoms with Crippen LogP contribution < -0.4 is 28.7 Å². The third kappa shape index (κ3) is 12.0. The molecule has 2 aromatic carbocycles. The molecule has 340 valence electrons. The molecule has 0 aromatic heterocycles. The van der Waals surface area contributed by atoms with Crippen LogP contribution in [0.5, 0.6) is 23.0 Å². The van der Waals surface area contributed by atoms with Crippen LogP contribution in [0.2, 0.25) is 0 Å². The number of allylic oxidation sites excluding steroid dienone is 2. The number of carbonyl (C=O) groups is 3. The summed E-state index contributed by atoms with van der Waals surface area (Å²) < 4.78 is 103. The molecule has 0 radical (unpaired) electrons. The average molecular weight is 910 g/mol. The van der Waals surface area contributed by atoms with Gasteiger partial charge in [-0.3, -0.25) is 18.7 Å². The molecule has 22 heteroatoms. The van der Waals surface area contributed by atoms with Crippen molar-refractivity contribution in [3.05, 3.63) is 64.6 Å². The average Bonchev–Trinajstić information content (AvgIpc) is 3.55. The van der Waals surface area contributed by atoms with Gasteiger partial charge in [-0.1, -0.05) is 0 Å². The standard InChI is InChI=1S/C40H52N4O16S2/c1-41(14-10-11-36(47)60-44-34(45)12-13-35(44)46)25-19-28(54-4)37(29(20-25)55-5)40(38-30(56-6)21-26(22-31(38)57-7)42(2)15-17-61(48,49)50)39-32(58-8)23-27(24-33(39)59-9)43(3)16-18-62(51,52)53/h19-24H,10-18H2,1-9H3,(H-,48,49,50,51,52,53)/p+1. The van der Waals surface area contributed by atoms with Crippen molar-refractivity contribution in [2.45, 2.75) is 25.7 Å². The molecule has 1 aliphatic heterocycles. The highest BCUT2D eigenvalue weighted by molar-refractivity contribution is 7.86. The highest BCUT2D eigenvalue weighted by Gasteiger charge is 2.35. The smallest absolute Gasteiger partial charge is 0.333 e. The normalized spacial score (nSPS) is 14.2. The second-order valence-corrected chi connectivity index (χ2v) is 17.2. The number of imide groups is 1. The van der Waals surface area contributed by atoms with E-state index in [-0.39, 0.29) is 73.3 Å². The van der Waals surface area contributed by atoms with Crippen molar-refractivity contribution in [1.29, 1.82) is 0 Å². The van der Waals surface area contributed by atoms with Gasteiger partial charge in [-0.15, -0.1) is 5.06 Å². The first-order valence-electron chi connectivity index (χ1n) is 19.0. The minimum Gasteiger partial charge on any atom is -0.496 e. The van der Waals surface area contributed by atoms with E-state index < -0.39 is 49.5 Å². The Hall–Kier alpha value is -5.84. The van der Waals surface area contributed by atoms with Gasteiger partial charge in [0.1, 0.15) is 48.1 Å². The quantitative estimate of drug-likeness (QED) is 0.104. The van der Waals surface area contributed by atoms with Crippen LogP contribution in [0, 0.1) is 0 Å². The molecule has 0 unspecified atom stereocenters. The summed E-state index contributed by atoms with van der Waals surface area (Å²) >= 11 is 0. The Labute approximate surface area is 361 Å². The minimum absolute atomic E-state index is 0.0164. The van der Waals surface area contributed by atoms with E-state index in [4.69, 9.17) is 33.3 Å². The highest BCUT2D eigenvalue weighted by atomic mass is 32.2. The highest BCUT2D eigenvalue weighted by Crippen LogP contribution is 2.51. The predicted molar refractivity (Wildman–Crippen MR) is 227 cm³/mol. The summed E-state index contributed by atoms with van der Waals surface area (Å²) in [6, 6.07) is 6.61. The van der Waals surface area contributed by atoms with Crippen molar-refractivity contribution < 1.29 is 78.2 Å². The van der Waals surface area contributed by atoms with Gasteiger partial charge in [-0.2, -0.15) is 16.8 Å². The summed E-state index contributed by atoms with van der Waals surface area (Å²) in [7, 11) is 5.12. The first-order chi connectivity index (χ1) is 29.2. The lowest BCUT2D eigenvalue weighted by molar-refractivity contribution is -0.496. The van der Waals surface area contributed by atoms with Gasteiger partial charge >= 0.3 is 5.97 Å². The van der Waals surface area contributed by atoms with E-state index in [2.05, 4.69) is 0 Å². The molecule has 1 heterocycles. The Morgan fingerprint density at radius 2 is 1.08 bits per heavy atom. The Morgan fingerprint density at radius 1 is 0.694 bits per heavy atom. The lowest BCUT2D eigenvalue weighted by atomic mass is 9.86. The molecule has 0 bridgehead atoms. The van der Waals surface area contributed by atoms with E-state index >= 15 is 0 Å². The van der Waals surface area contributed by atoms with Crippen LogP contribution in [-0.4, -0.2) is 154 Å². The fraction of sp³-hybridized carbons (Fsp3) is 0.450. The van der Waals surface area contributed by atoms with Gasteiger partial charge in [0.05, 0.1) is 89.4 Å². The van der Waals surface area contributed by atoms with E-state index in [0.717, 1.165) is 0 Å². The van der Waals surface area contributed by atoms with Gasteiger partial charge < -0.3 is 43.1 Å². The molecule has 1 aliphatic carbocycles. The van der Waals surface area contributed by atoms with Gasteiger partial charge in [-0.05, 0) is 0 Å². The molecule has 2 aromatic rings. The monoisotopic (exact) mass is 909 g/mol. The van der Waals surface area contributed by atoms with E-state index in [1.165, 1.54) is 42.7 Å². The van der Waals surface area contributed by atoms with Gasteiger partial charge in [-0.25, -0.2) is 9.37 Å². The molecule has 4 rings (SSSR count). The summed E-state index contributed by atoms with van der Waals surface area (Å²) in [5.74, 6) is -1.46. The maximum Gasteiger partial charge on any atom is 0.333 e. The molecule has 2 N–H and O–H groups in total. The maximum absolute atomic E-state index is 12.5. The zero-order valence-electron chi connectivity index (χ0n) is 36.0. The van der Waals surface area contributed by atoms with Gasteiger partial charge in [0.25, 0.3) is 32.1 Å². The SMILES string of the molecule is COC1=CC(=[N+](C)CCCC(=O)ON2C(=O)CCC2=O)C=C(OC)C1=C(c1c(OC)cc(N(C)CCS(=O)(=O)O)cc1OC)c1c(OC)cc(N(C)CCS(=O)(=O)O)cc1OC. The number of hydrogen-bond acceptors (Lipinski definition) is 16. The number of methoxy groups -OCH3 is 6. The molecule has 62 heavy (non-hydrogen) atoms. The Kier molecular flexibility index (Phi) is 16.4. The molecule has 20 nitrogen and oxygen atoms in total. The minimum atomic E-state index is -4.29. The summed E-state index contributed by atoms with van der Waals surface area (Å²) in [5.41, 5.74) is 2.95. The first kappa shape index (κ1) is 48.8. The van der Waals surface area contributed by atoms with E-state index in [1.54, 1.807) is 67.4 Å². The molecule has 1 fully saturated rings. The summed E-state index contributed by atoms with van der Waals surface area (Å²) in [6.07, 6.45) is 3.64. The number of nitrogens with zero attached hydrogens (tertiary/aromatic N) is 4. The third-order valence-electron chi connectivity index (χ3n) is 9.99. The Morgan fingerprint density at radius 3 is 1.42 bits per heavy atom. The van der Waals surface area contributed by atoms with Crippen molar-refractivity contribution in [3.8, 4) is 23.0 Å². The zero-order chi connectivity index (χ0) is 46.1. The number of hydrogen-bond donors (Lipinski definition) is 2. The van der Waals surface area contributed by atoms with Gasteiger partial charge in [0, 0.05) is 87.7 Å². The second-order valence-electron chi connectivity index (χ2n) is 14.0. The number of hydroxylamine groups is 2. The van der Waals surface area contributed by atoms with Crippen LogP contribution in [0.4, 0.5) is 11.4 Å². The lowest BCUT2D eigenvalue weighted by Crippen LogP contribution is -2.32. The fourth-order valence-electron chi connectivity index (χ4n) is 6.63. The molecule has 2 aliphatic rings. The number of amides is 2. The lowest BCUT2D eigenvalue weighted by Gasteiger charge is -2.28. The molecule has 0 saturated carbocycles. The molecular formula is C40H53N4O16S2+. The van der Waals surface area contributed by atoms with Crippen molar-refractivity contribution in [2.24, 2.45) is 0 Å². The molecule has 2 amide bonds. The van der Waals surface area contributed by atoms with Crippen molar-refractivity contribution in [2.75, 3.05) is 105 Å². The van der Waals surface area contributed by atoms with Gasteiger partial charge in [0.2, 0.25) is 5.71 Å². The van der Waals surface area contributed by atoms with E-state index in [0.29, 0.717) is 51.0 Å². The molecule has 0 atom stereocenters. The van der Waals surface area contributed by atoms with Crippen molar-refractivity contribution in [1.82, 2.24) is 5.06 Å². The second kappa shape index (κ2) is 20.8. The first-order valence-corrected chi connectivity index (χ1v) is 22.2. The van der Waals surface area contributed by atoms with Crippen LogP contribution in [-0.2, 0) is 48.9 Å². The number of carbonyl (C=O) groups excluding carboxylic acids is 3. The van der Waals surface area contributed by atoms with E-state index in [1.807, 2.05) is 4.58 Å². The Balaban J connectivity index is 1.98. The fourth-order valence-corrected chi connectivity index (χ4v) is 7.64. The predicted octanol–water partition coefficient (Wildman–Crippen LogP) is 2.72. The summed E-state index contributed by atoms with van der Waals surface area (Å²) in [6.45, 7) is 0.164. The maximum atomic E-state index is 12.5. The van der Waals surface area contributed by atoms with Crippen LogP contribution in [0.15, 0.2) is 53.5 Å². The molecular weight excluding hydrogens is 857 g/mol. The third-order valence-corrected chi connectivity index (χ3v) is 11.4. The Bertz CT molecular complexity index is 2210. The van der Waals surface area contributed by atoms with Gasteiger partial charge in [0.15, 0.2) is 0 Å². The van der Waals surface area contributed by atoms with Crippen molar-refractivity contribution in [3.63, 3.8) is 0 Å². The topological polar surface area (TPSA) is 237 Å². The zero-order valence-corrected chi connectivity index (χ0v) is 37.7. The number of ether oxygens (including phenoxy) is 6. The van der Waals surface area contributed by atoms with Crippen LogP contribution in [0.3, 0.4) is 0 Å². The number of rotatable bonds is 21. The summed E-state index contributed by atoms with van der Waals surface area (Å²) in [4.78, 5) is 44.5. The molecule has 0 spiro atoms. The number of anilines is 2. The largest absolute Gasteiger partial charge is 0.496 e. The van der Waals surface area contributed by atoms with Crippen LogP contribution >= 0.6 is 0 Å². The molecule has 1 saturated heterocycles. The number of benzene rings is 2. The van der Waals surface area contributed by atoms with Crippen LogP contribution in [0.1, 0.15) is 36.8 Å².